The predicted molar refractivity (Wildman–Crippen MR) is 140 cm³/mol. The van der Waals surface area contributed by atoms with Crippen molar-refractivity contribution < 1.29 is 0 Å². The SMILES string of the molecule is Cn1c(-c2ccc(-c3ccc4ccccc4c3)cc2)nc2c3cccnc3c3ncccc3c21. The lowest BCUT2D eigenvalue weighted by atomic mass is 10.0. The molecule has 0 spiro atoms. The van der Waals surface area contributed by atoms with E-state index in [1.807, 2.05) is 24.5 Å². The molecule has 0 saturated carbocycles. The number of rotatable bonds is 2. The van der Waals surface area contributed by atoms with Crippen LogP contribution in [0.3, 0.4) is 0 Å². The smallest absolute Gasteiger partial charge is 0.140 e. The summed E-state index contributed by atoms with van der Waals surface area (Å²) >= 11 is 0. The highest BCUT2D eigenvalue weighted by Gasteiger charge is 2.18. The van der Waals surface area contributed by atoms with Crippen LogP contribution in [0.15, 0.2) is 103 Å². The zero-order chi connectivity index (χ0) is 22.6. The quantitative estimate of drug-likeness (QED) is 0.270. The second-order valence-corrected chi connectivity index (χ2v) is 8.63. The standard InChI is InChI=1S/C30H20N4/c1-34-29-25-9-5-17-32-27(25)26-24(8-4-16-31-26)28(29)33-30(34)21-13-10-20(11-14-21)23-15-12-19-6-2-3-7-22(19)18-23/h2-18H,1H3. The molecule has 0 radical (unpaired) electrons. The Labute approximate surface area is 196 Å². The molecule has 7 rings (SSSR count). The van der Waals surface area contributed by atoms with Crippen molar-refractivity contribution in [2.45, 2.75) is 0 Å². The molecule has 0 bridgehead atoms. The fraction of sp³-hybridized carbons (Fsp3) is 0.0333. The highest BCUT2D eigenvalue weighted by Crippen LogP contribution is 2.35. The molecule has 0 N–H and O–H groups in total. The molecule has 4 nitrogen and oxygen atoms in total. The highest BCUT2D eigenvalue weighted by molar-refractivity contribution is 6.21. The Morgan fingerprint density at radius 1 is 0.559 bits per heavy atom. The summed E-state index contributed by atoms with van der Waals surface area (Å²) in [4.78, 5) is 14.4. The first-order valence-corrected chi connectivity index (χ1v) is 11.4. The zero-order valence-electron chi connectivity index (χ0n) is 18.6. The van der Waals surface area contributed by atoms with Crippen molar-refractivity contribution in [1.29, 1.82) is 0 Å². The van der Waals surface area contributed by atoms with Gasteiger partial charge in [-0.05, 0) is 52.2 Å². The number of pyridine rings is 2. The Balaban J connectivity index is 1.40. The lowest BCUT2D eigenvalue weighted by Gasteiger charge is -2.08. The maximum Gasteiger partial charge on any atom is 0.140 e. The van der Waals surface area contributed by atoms with Crippen molar-refractivity contribution in [1.82, 2.24) is 19.5 Å². The Hall–Kier alpha value is -4.57. The summed E-state index contributed by atoms with van der Waals surface area (Å²) in [5.74, 6) is 0.932. The van der Waals surface area contributed by atoms with Crippen molar-refractivity contribution in [3.63, 3.8) is 0 Å². The first-order valence-electron chi connectivity index (χ1n) is 11.4. The zero-order valence-corrected chi connectivity index (χ0v) is 18.6. The minimum absolute atomic E-state index is 0.891. The number of aryl methyl sites for hydroxylation is 1. The van der Waals surface area contributed by atoms with Crippen molar-refractivity contribution in [3.05, 3.63) is 103 Å². The highest BCUT2D eigenvalue weighted by atomic mass is 15.1. The Morgan fingerprint density at radius 2 is 1.21 bits per heavy atom. The van der Waals surface area contributed by atoms with Crippen LogP contribution in [0.25, 0.3) is 66.1 Å². The topological polar surface area (TPSA) is 43.6 Å². The van der Waals surface area contributed by atoms with Gasteiger partial charge in [0.2, 0.25) is 0 Å². The molecule has 0 unspecified atom stereocenters. The normalized spacial score (nSPS) is 11.7. The van der Waals surface area contributed by atoms with E-state index >= 15 is 0 Å². The molecule has 3 heterocycles. The second-order valence-electron chi connectivity index (χ2n) is 8.63. The van der Waals surface area contributed by atoms with Gasteiger partial charge in [-0.1, -0.05) is 60.7 Å². The molecule has 0 aliphatic carbocycles. The van der Waals surface area contributed by atoms with Gasteiger partial charge in [0.05, 0.1) is 22.1 Å². The number of imidazole rings is 1. The lowest BCUT2D eigenvalue weighted by molar-refractivity contribution is 0.962. The summed E-state index contributed by atoms with van der Waals surface area (Å²) in [6.45, 7) is 0. The molecule has 7 aromatic rings. The number of aromatic nitrogens is 4. The van der Waals surface area contributed by atoms with E-state index in [1.165, 1.54) is 21.9 Å². The average molecular weight is 437 g/mol. The third-order valence-electron chi connectivity index (χ3n) is 6.67. The monoisotopic (exact) mass is 436 g/mol. The molecular formula is C30H20N4. The molecule has 0 aliphatic heterocycles. The van der Waals surface area contributed by atoms with E-state index in [-0.39, 0.29) is 0 Å². The van der Waals surface area contributed by atoms with Crippen LogP contribution in [0.5, 0.6) is 0 Å². The van der Waals surface area contributed by atoms with Crippen molar-refractivity contribution in [2.75, 3.05) is 0 Å². The van der Waals surface area contributed by atoms with E-state index < -0.39 is 0 Å². The van der Waals surface area contributed by atoms with Gasteiger partial charge in [0, 0.05) is 35.8 Å². The van der Waals surface area contributed by atoms with E-state index in [1.54, 1.807) is 0 Å². The van der Waals surface area contributed by atoms with Gasteiger partial charge in [-0.25, -0.2) is 4.98 Å². The van der Waals surface area contributed by atoms with E-state index in [4.69, 9.17) is 4.98 Å². The number of fused-ring (bicyclic) bond motifs is 7. The molecule has 4 heteroatoms. The molecule has 0 aliphatic rings. The Morgan fingerprint density at radius 3 is 2.00 bits per heavy atom. The second kappa shape index (κ2) is 7.22. The third-order valence-corrected chi connectivity index (χ3v) is 6.67. The fourth-order valence-electron chi connectivity index (χ4n) is 5.00. The molecule has 160 valence electrons. The van der Waals surface area contributed by atoms with Gasteiger partial charge in [0.15, 0.2) is 0 Å². The van der Waals surface area contributed by atoms with E-state index in [9.17, 15) is 0 Å². The maximum absolute atomic E-state index is 5.10. The maximum atomic E-state index is 5.10. The summed E-state index contributed by atoms with van der Waals surface area (Å²) in [6.07, 6.45) is 3.64. The average Bonchev–Trinajstić information content (AvgIpc) is 3.26. The van der Waals surface area contributed by atoms with Crippen LogP contribution in [0, 0.1) is 0 Å². The minimum Gasteiger partial charge on any atom is -0.327 e. The molecule has 4 aromatic carbocycles. The fourth-order valence-corrected chi connectivity index (χ4v) is 5.00. The summed E-state index contributed by atoms with van der Waals surface area (Å²) in [5, 5.41) is 4.60. The summed E-state index contributed by atoms with van der Waals surface area (Å²) in [7, 11) is 2.08. The Bertz CT molecular complexity index is 1860. The first-order chi connectivity index (χ1) is 16.8. The van der Waals surface area contributed by atoms with Crippen molar-refractivity contribution in [3.8, 4) is 22.5 Å². The summed E-state index contributed by atoms with van der Waals surface area (Å²) < 4.78 is 2.18. The largest absolute Gasteiger partial charge is 0.327 e. The molecule has 3 aromatic heterocycles. The van der Waals surface area contributed by atoms with Gasteiger partial charge in [0.25, 0.3) is 0 Å². The van der Waals surface area contributed by atoms with Crippen LogP contribution in [0.4, 0.5) is 0 Å². The third kappa shape index (κ3) is 2.75. The van der Waals surface area contributed by atoms with Crippen molar-refractivity contribution in [2.24, 2.45) is 7.05 Å². The van der Waals surface area contributed by atoms with Gasteiger partial charge < -0.3 is 4.57 Å². The number of hydrogen-bond acceptors (Lipinski definition) is 3. The van der Waals surface area contributed by atoms with E-state index in [2.05, 4.69) is 100 Å². The van der Waals surface area contributed by atoms with Crippen LogP contribution in [0.2, 0.25) is 0 Å². The van der Waals surface area contributed by atoms with Crippen LogP contribution in [-0.2, 0) is 7.05 Å². The van der Waals surface area contributed by atoms with Crippen LogP contribution >= 0.6 is 0 Å². The molecule has 0 amide bonds. The van der Waals surface area contributed by atoms with Crippen LogP contribution < -0.4 is 0 Å². The predicted octanol–water partition coefficient (Wildman–Crippen LogP) is 7.16. The minimum atomic E-state index is 0.891. The lowest BCUT2D eigenvalue weighted by Crippen LogP contribution is -1.94. The molecule has 0 fully saturated rings. The molecule has 0 saturated heterocycles. The summed E-state index contributed by atoms with van der Waals surface area (Å²) in [6, 6.07) is 31.9. The van der Waals surface area contributed by atoms with Crippen molar-refractivity contribution >= 4 is 43.6 Å². The van der Waals surface area contributed by atoms with Gasteiger partial charge in [-0.3, -0.25) is 9.97 Å². The summed E-state index contributed by atoms with van der Waals surface area (Å²) in [5.41, 5.74) is 7.32. The van der Waals surface area contributed by atoms with Crippen LogP contribution in [-0.4, -0.2) is 19.5 Å². The number of benzene rings is 4. The van der Waals surface area contributed by atoms with Gasteiger partial charge in [-0.2, -0.15) is 0 Å². The van der Waals surface area contributed by atoms with Gasteiger partial charge >= 0.3 is 0 Å². The number of nitrogens with zero attached hydrogens (tertiary/aromatic N) is 4. The number of hydrogen-bond donors (Lipinski definition) is 0. The molecular weight excluding hydrogens is 416 g/mol. The van der Waals surface area contributed by atoms with E-state index in [0.29, 0.717) is 0 Å². The Kier molecular flexibility index (Phi) is 4.02. The molecule has 34 heavy (non-hydrogen) atoms. The van der Waals surface area contributed by atoms with E-state index in [0.717, 1.165) is 44.2 Å². The van der Waals surface area contributed by atoms with Gasteiger partial charge in [-0.15, -0.1) is 0 Å². The van der Waals surface area contributed by atoms with Crippen LogP contribution in [0.1, 0.15) is 0 Å². The first kappa shape index (κ1) is 18.9. The molecule has 0 atom stereocenters. The van der Waals surface area contributed by atoms with Gasteiger partial charge in [0.1, 0.15) is 5.82 Å².